The van der Waals surface area contributed by atoms with E-state index < -0.39 is 6.04 Å². The van der Waals surface area contributed by atoms with Gasteiger partial charge in [-0.2, -0.15) is 0 Å². The second kappa shape index (κ2) is 4.91. The smallest absolute Gasteiger partial charge is 0.247 e. The second-order valence-electron chi connectivity index (χ2n) is 3.40. The second-order valence-corrected chi connectivity index (χ2v) is 3.81. The maximum Gasteiger partial charge on any atom is 0.247 e. The number of anilines is 1. The van der Waals surface area contributed by atoms with Gasteiger partial charge in [0.1, 0.15) is 12.6 Å². The Hall–Kier alpha value is -0.970. The lowest BCUT2D eigenvalue weighted by Gasteiger charge is -2.17. The summed E-state index contributed by atoms with van der Waals surface area (Å²) in [5.74, 6) is 0.346. The van der Waals surface area contributed by atoms with Gasteiger partial charge in [-0.05, 0) is 12.1 Å². The van der Waals surface area contributed by atoms with E-state index in [2.05, 4.69) is 0 Å². The number of rotatable bonds is 0. The normalized spacial score (nSPS) is 19.3. The van der Waals surface area contributed by atoms with E-state index in [9.17, 15) is 4.79 Å². The molecular weight excluding hydrogens is 251 g/mol. The molecule has 1 amide bonds. The lowest BCUT2D eigenvalue weighted by molar-refractivity contribution is -0.119. The number of nitrogens with zero attached hydrogens (tertiary/aromatic N) is 1. The fourth-order valence-electron chi connectivity index (χ4n) is 1.52. The van der Waals surface area contributed by atoms with Crippen LogP contribution in [-0.4, -0.2) is 25.6 Å². The first-order valence-electron chi connectivity index (χ1n) is 4.55. The van der Waals surface area contributed by atoms with E-state index >= 15 is 0 Å². The lowest BCUT2D eigenvalue weighted by atomic mass is 10.2. The van der Waals surface area contributed by atoms with Crippen LogP contribution in [0, 0.1) is 0 Å². The Kier molecular flexibility index (Phi) is 4.02. The zero-order valence-corrected chi connectivity index (χ0v) is 10.2. The predicted octanol–water partition coefficient (Wildman–Crippen LogP) is 1.44. The monoisotopic (exact) mass is 262 g/mol. The van der Waals surface area contributed by atoms with E-state index in [0.29, 0.717) is 16.5 Å². The van der Waals surface area contributed by atoms with Crippen LogP contribution in [0.15, 0.2) is 18.2 Å². The summed E-state index contributed by atoms with van der Waals surface area (Å²) in [6.45, 7) is 0.153. The number of carbonyl (C=O) groups excluding carboxylic acids is 1. The molecule has 88 valence electrons. The molecule has 4 nitrogen and oxygen atoms in total. The summed E-state index contributed by atoms with van der Waals surface area (Å²) < 4.78 is 5.41. The van der Waals surface area contributed by atoms with Crippen LogP contribution >= 0.6 is 24.0 Å². The molecule has 1 aliphatic rings. The zero-order valence-electron chi connectivity index (χ0n) is 8.64. The molecule has 2 N–H and O–H groups in total. The highest BCUT2D eigenvalue weighted by molar-refractivity contribution is 6.32. The van der Waals surface area contributed by atoms with Crippen LogP contribution in [0.2, 0.25) is 5.02 Å². The van der Waals surface area contributed by atoms with Gasteiger partial charge in [-0.1, -0.05) is 17.7 Å². The van der Waals surface area contributed by atoms with Gasteiger partial charge in [0.05, 0.1) is 10.7 Å². The van der Waals surface area contributed by atoms with Gasteiger partial charge in [-0.15, -0.1) is 12.4 Å². The molecule has 6 heteroatoms. The van der Waals surface area contributed by atoms with Gasteiger partial charge in [-0.3, -0.25) is 4.79 Å². The predicted molar refractivity (Wildman–Crippen MR) is 65.6 cm³/mol. The first kappa shape index (κ1) is 13.1. The van der Waals surface area contributed by atoms with Crippen LogP contribution in [0.3, 0.4) is 0 Å². The summed E-state index contributed by atoms with van der Waals surface area (Å²) in [7, 11) is 1.66. The highest BCUT2D eigenvalue weighted by Crippen LogP contribution is 2.36. The summed E-state index contributed by atoms with van der Waals surface area (Å²) in [6, 6.07) is 4.62. The van der Waals surface area contributed by atoms with Crippen LogP contribution in [-0.2, 0) is 4.79 Å². The van der Waals surface area contributed by atoms with Crippen molar-refractivity contribution in [3.8, 4) is 5.75 Å². The highest BCUT2D eigenvalue weighted by atomic mass is 35.5. The SMILES string of the molecule is CN1C(=O)C(N)COc2c(Cl)cccc21.Cl. The molecule has 0 radical (unpaired) electrons. The van der Waals surface area contributed by atoms with E-state index in [4.69, 9.17) is 22.1 Å². The van der Waals surface area contributed by atoms with Gasteiger partial charge >= 0.3 is 0 Å². The molecule has 2 rings (SSSR count). The Bertz CT molecular complexity index is 412. The topological polar surface area (TPSA) is 55.6 Å². The van der Waals surface area contributed by atoms with E-state index in [1.165, 1.54) is 4.90 Å². The first-order valence-corrected chi connectivity index (χ1v) is 4.93. The molecular formula is C10H12Cl2N2O2. The summed E-state index contributed by atoms with van der Waals surface area (Å²) in [5.41, 5.74) is 6.29. The Labute approximate surface area is 105 Å². The molecule has 1 atom stereocenters. The van der Waals surface area contributed by atoms with Gasteiger partial charge < -0.3 is 15.4 Å². The molecule has 1 aromatic rings. The number of ether oxygens (including phenoxy) is 1. The lowest BCUT2D eigenvalue weighted by Crippen LogP contribution is -2.43. The minimum absolute atomic E-state index is 0. The van der Waals surface area contributed by atoms with Crippen molar-refractivity contribution in [1.82, 2.24) is 0 Å². The van der Waals surface area contributed by atoms with Crippen molar-refractivity contribution in [2.24, 2.45) is 5.73 Å². The number of fused-ring (bicyclic) bond motifs is 1. The number of halogens is 2. The molecule has 1 heterocycles. The Morgan fingerprint density at radius 3 is 2.94 bits per heavy atom. The van der Waals surface area contributed by atoms with Gasteiger partial charge in [-0.25, -0.2) is 0 Å². The van der Waals surface area contributed by atoms with Gasteiger partial charge in [0, 0.05) is 7.05 Å². The molecule has 0 aromatic heterocycles. The van der Waals surface area contributed by atoms with Crippen LogP contribution in [0.25, 0.3) is 0 Å². The van der Waals surface area contributed by atoms with Crippen LogP contribution in [0.5, 0.6) is 5.75 Å². The number of benzene rings is 1. The third-order valence-corrected chi connectivity index (χ3v) is 2.66. The molecule has 1 unspecified atom stereocenters. The van der Waals surface area contributed by atoms with E-state index in [0.717, 1.165) is 0 Å². The van der Waals surface area contributed by atoms with Crippen molar-refractivity contribution in [3.63, 3.8) is 0 Å². The third-order valence-electron chi connectivity index (χ3n) is 2.36. The molecule has 0 saturated heterocycles. The largest absolute Gasteiger partial charge is 0.488 e. The maximum absolute atomic E-state index is 11.7. The number of nitrogens with two attached hydrogens (primary N) is 1. The number of hydrogen-bond acceptors (Lipinski definition) is 3. The average Bonchev–Trinajstić information content (AvgIpc) is 2.33. The molecule has 0 fully saturated rings. The maximum atomic E-state index is 11.7. The molecule has 0 bridgehead atoms. The summed E-state index contributed by atoms with van der Waals surface area (Å²) in [6.07, 6.45) is 0. The van der Waals surface area contributed by atoms with Crippen LogP contribution < -0.4 is 15.4 Å². The van der Waals surface area contributed by atoms with E-state index in [1.54, 1.807) is 25.2 Å². The Morgan fingerprint density at radius 1 is 1.56 bits per heavy atom. The number of hydrogen-bond donors (Lipinski definition) is 1. The first-order chi connectivity index (χ1) is 7.11. The number of para-hydroxylation sites is 1. The number of likely N-dealkylation sites (N-methyl/N-ethyl adjacent to an activating group) is 1. The Morgan fingerprint density at radius 2 is 2.25 bits per heavy atom. The minimum Gasteiger partial charge on any atom is -0.488 e. The fourth-order valence-corrected chi connectivity index (χ4v) is 1.74. The summed E-state index contributed by atoms with van der Waals surface area (Å²) >= 11 is 5.97. The van der Waals surface area contributed by atoms with Gasteiger partial charge in [0.2, 0.25) is 5.91 Å². The highest BCUT2D eigenvalue weighted by Gasteiger charge is 2.27. The molecule has 16 heavy (non-hydrogen) atoms. The fraction of sp³-hybridized carbons (Fsp3) is 0.300. The standard InChI is InChI=1S/C10H11ClN2O2.ClH/c1-13-8-4-2-3-6(11)9(8)15-5-7(12)10(13)14;/h2-4,7H,5,12H2,1H3;1H. The van der Waals surface area contributed by atoms with Crippen molar-refractivity contribution in [2.45, 2.75) is 6.04 Å². The minimum atomic E-state index is -0.640. The van der Waals surface area contributed by atoms with Crippen molar-refractivity contribution in [2.75, 3.05) is 18.6 Å². The summed E-state index contributed by atoms with van der Waals surface area (Å²) in [5, 5.41) is 0.487. The molecule has 0 saturated carbocycles. The number of carbonyl (C=O) groups is 1. The quantitative estimate of drug-likeness (QED) is 0.770. The average molecular weight is 263 g/mol. The van der Waals surface area contributed by atoms with Crippen LogP contribution in [0.4, 0.5) is 5.69 Å². The van der Waals surface area contributed by atoms with E-state index in [1.807, 2.05) is 0 Å². The van der Waals surface area contributed by atoms with Gasteiger partial charge in [0.25, 0.3) is 0 Å². The van der Waals surface area contributed by atoms with Crippen molar-refractivity contribution in [3.05, 3.63) is 23.2 Å². The molecule has 1 aromatic carbocycles. The summed E-state index contributed by atoms with van der Waals surface area (Å²) in [4.78, 5) is 13.2. The third kappa shape index (κ3) is 2.09. The van der Waals surface area contributed by atoms with Crippen molar-refractivity contribution in [1.29, 1.82) is 0 Å². The van der Waals surface area contributed by atoms with Crippen molar-refractivity contribution < 1.29 is 9.53 Å². The molecule has 1 aliphatic heterocycles. The number of amides is 1. The Balaban J connectivity index is 0.00000128. The van der Waals surface area contributed by atoms with Gasteiger partial charge in [0.15, 0.2) is 5.75 Å². The van der Waals surface area contributed by atoms with E-state index in [-0.39, 0.29) is 24.9 Å². The molecule has 0 spiro atoms. The van der Waals surface area contributed by atoms with Crippen molar-refractivity contribution >= 4 is 35.6 Å². The van der Waals surface area contributed by atoms with Crippen LogP contribution in [0.1, 0.15) is 0 Å². The zero-order chi connectivity index (χ0) is 11.0. The molecule has 0 aliphatic carbocycles.